The van der Waals surface area contributed by atoms with Gasteiger partial charge in [-0.1, -0.05) is 19.3 Å². The molecule has 0 aliphatic carbocycles. The fourth-order valence-electron chi connectivity index (χ4n) is 1.70. The van der Waals surface area contributed by atoms with E-state index >= 15 is 0 Å². The van der Waals surface area contributed by atoms with Crippen LogP contribution in [0.5, 0.6) is 5.75 Å². The number of hydrogen-bond acceptors (Lipinski definition) is 4. The van der Waals surface area contributed by atoms with Crippen LogP contribution in [0, 0.1) is 22.5 Å². The first-order valence-electron chi connectivity index (χ1n) is 6.12. The smallest absolute Gasteiger partial charge is 0.310 e. The third kappa shape index (κ3) is 3.72. The van der Waals surface area contributed by atoms with Gasteiger partial charge >= 0.3 is 5.69 Å². The van der Waals surface area contributed by atoms with E-state index in [1.807, 2.05) is 6.92 Å². The van der Waals surface area contributed by atoms with Crippen molar-refractivity contribution in [1.29, 1.82) is 0 Å². The summed E-state index contributed by atoms with van der Waals surface area (Å²) in [6.07, 6.45) is 6.85. The second kappa shape index (κ2) is 7.14. The van der Waals surface area contributed by atoms with Crippen molar-refractivity contribution in [2.24, 2.45) is 0 Å². The number of hydrogen-bond donors (Lipinski definition) is 1. The predicted molar refractivity (Wildman–Crippen MR) is 74.6 cm³/mol. The standard InChI is InChI=1S/C14H16N2O4/c1-4-6-11(5-2)15-14(17)10-7-8-12(16(18)19)13(9-10)20-3/h2,7-9,11H,4,6H2,1,3H3,(H,15,17)/t11-/m0/s1. The number of carbonyl (C=O) groups is 1. The number of terminal acetylenes is 1. The summed E-state index contributed by atoms with van der Waals surface area (Å²) in [4.78, 5) is 22.2. The number of rotatable bonds is 6. The first-order valence-corrected chi connectivity index (χ1v) is 6.12. The van der Waals surface area contributed by atoms with Gasteiger partial charge in [0, 0.05) is 17.7 Å². The van der Waals surface area contributed by atoms with Crippen LogP contribution in [0.3, 0.4) is 0 Å². The Bertz CT molecular complexity index is 549. The SMILES string of the molecule is C#C[C@@H](CCC)NC(=O)c1ccc([N+](=O)[O-])c(OC)c1. The number of nitrogens with zero attached hydrogens (tertiary/aromatic N) is 1. The lowest BCUT2D eigenvalue weighted by molar-refractivity contribution is -0.385. The molecule has 0 unspecified atom stereocenters. The molecule has 6 heteroatoms. The summed E-state index contributed by atoms with van der Waals surface area (Å²) in [6.45, 7) is 1.96. The minimum absolute atomic E-state index is 0.0374. The summed E-state index contributed by atoms with van der Waals surface area (Å²) >= 11 is 0. The van der Waals surface area contributed by atoms with Crippen LogP contribution in [0.4, 0.5) is 5.69 Å². The van der Waals surface area contributed by atoms with Gasteiger partial charge in [0.05, 0.1) is 18.1 Å². The van der Waals surface area contributed by atoms with Crippen LogP contribution < -0.4 is 10.1 Å². The Morgan fingerprint density at radius 3 is 2.80 bits per heavy atom. The van der Waals surface area contributed by atoms with Gasteiger partial charge in [-0.3, -0.25) is 14.9 Å². The first kappa shape index (κ1) is 15.5. The third-order valence-corrected chi connectivity index (χ3v) is 2.72. The summed E-state index contributed by atoms with van der Waals surface area (Å²) in [6, 6.07) is 3.58. The van der Waals surface area contributed by atoms with E-state index in [9.17, 15) is 14.9 Å². The van der Waals surface area contributed by atoms with E-state index in [2.05, 4.69) is 11.2 Å². The molecule has 0 radical (unpaired) electrons. The highest BCUT2D eigenvalue weighted by atomic mass is 16.6. The van der Waals surface area contributed by atoms with Gasteiger partial charge in [0.2, 0.25) is 0 Å². The van der Waals surface area contributed by atoms with E-state index in [1.54, 1.807) is 0 Å². The van der Waals surface area contributed by atoms with Crippen LogP contribution in [0.15, 0.2) is 18.2 Å². The first-order chi connectivity index (χ1) is 9.53. The quantitative estimate of drug-likeness (QED) is 0.490. The summed E-state index contributed by atoms with van der Waals surface area (Å²) < 4.78 is 4.91. The highest BCUT2D eigenvalue weighted by Gasteiger charge is 2.18. The van der Waals surface area contributed by atoms with Crippen LogP contribution in [0.2, 0.25) is 0 Å². The molecule has 1 amide bonds. The molecule has 0 bridgehead atoms. The highest BCUT2D eigenvalue weighted by molar-refractivity contribution is 5.95. The Morgan fingerprint density at radius 1 is 1.60 bits per heavy atom. The molecule has 1 aromatic rings. The number of benzene rings is 1. The number of amides is 1. The molecule has 0 fully saturated rings. The molecule has 6 nitrogen and oxygen atoms in total. The number of nitro groups is 1. The maximum absolute atomic E-state index is 12.0. The third-order valence-electron chi connectivity index (χ3n) is 2.72. The number of carbonyl (C=O) groups excluding carboxylic acids is 1. The molecule has 0 saturated carbocycles. The van der Waals surface area contributed by atoms with Gasteiger partial charge in [0.15, 0.2) is 5.75 Å². The van der Waals surface area contributed by atoms with E-state index < -0.39 is 4.92 Å². The van der Waals surface area contributed by atoms with Crippen molar-refractivity contribution in [2.45, 2.75) is 25.8 Å². The van der Waals surface area contributed by atoms with Crippen molar-refractivity contribution >= 4 is 11.6 Å². The average Bonchev–Trinajstić information content (AvgIpc) is 2.45. The Labute approximate surface area is 117 Å². The molecular formula is C14H16N2O4. The van der Waals surface area contributed by atoms with E-state index in [0.29, 0.717) is 6.42 Å². The van der Waals surface area contributed by atoms with Gasteiger partial charge in [-0.25, -0.2) is 0 Å². The Morgan fingerprint density at radius 2 is 2.30 bits per heavy atom. The van der Waals surface area contributed by atoms with Crippen LogP contribution in [0.25, 0.3) is 0 Å². The molecule has 0 aromatic heterocycles. The van der Waals surface area contributed by atoms with Crippen molar-refractivity contribution in [3.8, 4) is 18.1 Å². The molecule has 20 heavy (non-hydrogen) atoms. The van der Waals surface area contributed by atoms with Crippen LogP contribution in [-0.2, 0) is 0 Å². The van der Waals surface area contributed by atoms with Crippen LogP contribution in [0.1, 0.15) is 30.1 Å². The Kier molecular flexibility index (Phi) is 5.54. The number of nitrogens with one attached hydrogen (secondary N) is 1. The molecule has 1 atom stereocenters. The minimum atomic E-state index is -0.568. The van der Waals surface area contributed by atoms with Gasteiger partial charge < -0.3 is 10.1 Å². The molecule has 0 aliphatic rings. The Hall–Kier alpha value is -2.55. The predicted octanol–water partition coefficient (Wildman–Crippen LogP) is 2.14. The lowest BCUT2D eigenvalue weighted by atomic mass is 10.1. The van der Waals surface area contributed by atoms with E-state index in [-0.39, 0.29) is 28.9 Å². The van der Waals surface area contributed by atoms with Crippen molar-refractivity contribution in [2.75, 3.05) is 7.11 Å². The fraction of sp³-hybridized carbons (Fsp3) is 0.357. The monoisotopic (exact) mass is 276 g/mol. The summed E-state index contributed by atoms with van der Waals surface area (Å²) in [5.74, 6) is 2.15. The fourth-order valence-corrected chi connectivity index (χ4v) is 1.70. The van der Waals surface area contributed by atoms with Gasteiger partial charge in [-0.05, 0) is 12.5 Å². The van der Waals surface area contributed by atoms with Gasteiger partial charge in [0.25, 0.3) is 5.91 Å². The lowest BCUT2D eigenvalue weighted by Gasteiger charge is -2.12. The van der Waals surface area contributed by atoms with Crippen molar-refractivity contribution in [3.05, 3.63) is 33.9 Å². The maximum Gasteiger partial charge on any atom is 0.310 e. The molecule has 0 aliphatic heterocycles. The molecule has 0 spiro atoms. The van der Waals surface area contributed by atoms with Crippen molar-refractivity contribution < 1.29 is 14.5 Å². The summed E-state index contributed by atoms with van der Waals surface area (Å²) in [7, 11) is 1.31. The molecule has 0 saturated heterocycles. The summed E-state index contributed by atoms with van der Waals surface area (Å²) in [5, 5.41) is 13.5. The zero-order valence-electron chi connectivity index (χ0n) is 11.4. The number of ether oxygens (including phenoxy) is 1. The molecule has 1 rings (SSSR count). The van der Waals surface area contributed by atoms with E-state index in [1.165, 1.54) is 25.3 Å². The van der Waals surface area contributed by atoms with Gasteiger partial charge in [-0.15, -0.1) is 6.42 Å². The normalized spacial score (nSPS) is 11.2. The zero-order valence-corrected chi connectivity index (χ0v) is 11.4. The van der Waals surface area contributed by atoms with Crippen LogP contribution >= 0.6 is 0 Å². The lowest BCUT2D eigenvalue weighted by Crippen LogP contribution is -2.33. The maximum atomic E-state index is 12.0. The molecule has 0 heterocycles. The number of methoxy groups -OCH3 is 1. The second-order valence-electron chi connectivity index (χ2n) is 4.13. The minimum Gasteiger partial charge on any atom is -0.490 e. The van der Waals surface area contributed by atoms with Crippen LogP contribution in [-0.4, -0.2) is 24.0 Å². The van der Waals surface area contributed by atoms with Gasteiger partial charge in [0.1, 0.15) is 0 Å². The molecule has 1 N–H and O–H groups in total. The molecular weight excluding hydrogens is 260 g/mol. The summed E-state index contributed by atoms with van der Waals surface area (Å²) in [5.41, 5.74) is 0.0786. The Balaban J connectivity index is 2.94. The van der Waals surface area contributed by atoms with E-state index in [0.717, 1.165) is 6.42 Å². The number of nitro benzene ring substituents is 1. The van der Waals surface area contributed by atoms with Gasteiger partial charge in [-0.2, -0.15) is 0 Å². The topological polar surface area (TPSA) is 81.5 Å². The zero-order chi connectivity index (χ0) is 15.1. The van der Waals surface area contributed by atoms with Crippen molar-refractivity contribution in [1.82, 2.24) is 5.32 Å². The average molecular weight is 276 g/mol. The largest absolute Gasteiger partial charge is 0.490 e. The molecule has 1 aromatic carbocycles. The van der Waals surface area contributed by atoms with E-state index in [4.69, 9.17) is 11.2 Å². The second-order valence-corrected chi connectivity index (χ2v) is 4.13. The highest BCUT2D eigenvalue weighted by Crippen LogP contribution is 2.27. The van der Waals surface area contributed by atoms with Crippen molar-refractivity contribution in [3.63, 3.8) is 0 Å². The molecule has 106 valence electrons.